The molecule has 1 fully saturated rings. The van der Waals surface area contributed by atoms with Gasteiger partial charge in [-0.3, -0.25) is 9.59 Å². The molecular weight excluding hydrogens is 314 g/mol. The zero-order valence-corrected chi connectivity index (χ0v) is 14.6. The van der Waals surface area contributed by atoms with Crippen LogP contribution in [0.25, 0.3) is 0 Å². The van der Waals surface area contributed by atoms with E-state index in [9.17, 15) is 18.0 Å². The van der Waals surface area contributed by atoms with Gasteiger partial charge in [0.05, 0.1) is 17.0 Å². The number of carbonyl (C=O) groups is 2. The normalized spacial score (nSPS) is 22.7. The van der Waals surface area contributed by atoms with Crippen LogP contribution in [0.5, 0.6) is 0 Å². The maximum atomic E-state index is 12.3. The minimum absolute atomic E-state index is 0.0311. The molecule has 1 atom stereocenters. The molecule has 1 aromatic rings. The van der Waals surface area contributed by atoms with Crippen molar-refractivity contribution in [2.45, 2.75) is 45.6 Å². The monoisotopic (exact) mass is 337 g/mol. The smallest absolute Gasteiger partial charge is 0.220 e. The van der Waals surface area contributed by atoms with E-state index in [1.54, 1.807) is 6.92 Å². The van der Waals surface area contributed by atoms with E-state index >= 15 is 0 Å². The molecule has 6 heteroatoms. The van der Waals surface area contributed by atoms with Gasteiger partial charge in [0.15, 0.2) is 15.6 Å². The van der Waals surface area contributed by atoms with Crippen LogP contribution in [-0.4, -0.2) is 37.2 Å². The Morgan fingerprint density at radius 1 is 1.22 bits per heavy atom. The Labute approximate surface area is 137 Å². The van der Waals surface area contributed by atoms with Gasteiger partial charge in [-0.1, -0.05) is 17.7 Å². The van der Waals surface area contributed by atoms with Crippen molar-refractivity contribution in [3.63, 3.8) is 0 Å². The van der Waals surface area contributed by atoms with Gasteiger partial charge in [0, 0.05) is 18.4 Å². The fourth-order valence-corrected chi connectivity index (χ4v) is 5.00. The summed E-state index contributed by atoms with van der Waals surface area (Å²) in [7, 11) is -3.07. The van der Waals surface area contributed by atoms with Crippen LogP contribution in [0.15, 0.2) is 18.2 Å². The van der Waals surface area contributed by atoms with Gasteiger partial charge in [-0.15, -0.1) is 0 Å². The third-order valence-corrected chi connectivity index (χ3v) is 6.12. The third kappa shape index (κ3) is 4.64. The highest BCUT2D eigenvalue weighted by atomic mass is 32.2. The fourth-order valence-electron chi connectivity index (χ4n) is 2.91. The number of nitrogens with one attached hydrogen (secondary N) is 1. The molecule has 23 heavy (non-hydrogen) atoms. The van der Waals surface area contributed by atoms with Gasteiger partial charge in [0.25, 0.3) is 0 Å². The molecule has 1 saturated heterocycles. The summed E-state index contributed by atoms with van der Waals surface area (Å²) in [4.78, 5) is 24.3. The second kappa shape index (κ2) is 6.43. The average Bonchev–Trinajstić information content (AvgIpc) is 2.72. The predicted molar refractivity (Wildman–Crippen MR) is 89.3 cm³/mol. The lowest BCUT2D eigenvalue weighted by atomic mass is 9.98. The number of ketones is 1. The molecule has 0 saturated carbocycles. The summed E-state index contributed by atoms with van der Waals surface area (Å²) in [6.07, 6.45) is 0.618. The number of sulfone groups is 1. The Kier molecular flexibility index (Phi) is 4.94. The van der Waals surface area contributed by atoms with Gasteiger partial charge in [0.1, 0.15) is 0 Å². The van der Waals surface area contributed by atoms with Crippen molar-refractivity contribution in [2.75, 3.05) is 11.5 Å². The molecule has 1 N–H and O–H groups in total. The summed E-state index contributed by atoms with van der Waals surface area (Å²) >= 11 is 0. The number of Topliss-reactive ketones (excluding diaryl/α,β-unsaturated/α-hetero) is 1. The molecule has 1 unspecified atom stereocenters. The summed E-state index contributed by atoms with van der Waals surface area (Å²) in [5.74, 6) is -0.268. The third-order valence-electron chi connectivity index (χ3n) is 4.22. The largest absolute Gasteiger partial charge is 0.350 e. The van der Waals surface area contributed by atoms with Crippen molar-refractivity contribution in [3.05, 3.63) is 34.9 Å². The number of amides is 1. The average molecular weight is 337 g/mol. The van der Waals surface area contributed by atoms with Crippen LogP contribution in [0.4, 0.5) is 0 Å². The van der Waals surface area contributed by atoms with E-state index in [2.05, 4.69) is 5.32 Å². The molecule has 1 heterocycles. The SMILES string of the molecule is Cc1ccc(C)c(C(=O)CCC(=O)NC2(C)CCS(=O)(=O)C2)c1. The van der Waals surface area contributed by atoms with Crippen molar-refractivity contribution >= 4 is 21.5 Å². The number of rotatable bonds is 5. The highest BCUT2D eigenvalue weighted by Crippen LogP contribution is 2.23. The quantitative estimate of drug-likeness (QED) is 0.833. The van der Waals surface area contributed by atoms with Crippen LogP contribution in [0.2, 0.25) is 0 Å². The zero-order valence-electron chi connectivity index (χ0n) is 13.8. The maximum absolute atomic E-state index is 12.3. The molecule has 1 amide bonds. The minimum atomic E-state index is -3.07. The second-order valence-electron chi connectivity index (χ2n) is 6.69. The van der Waals surface area contributed by atoms with E-state index < -0.39 is 15.4 Å². The molecular formula is C17H23NO4S. The van der Waals surface area contributed by atoms with Crippen molar-refractivity contribution in [1.82, 2.24) is 5.32 Å². The standard InChI is InChI=1S/C17H23NO4S/c1-12-4-5-13(2)14(10-12)15(19)6-7-16(20)18-17(3)8-9-23(21,22)11-17/h4-5,10H,6-9,11H2,1-3H3,(H,18,20). The molecule has 2 rings (SSSR count). The summed E-state index contributed by atoms with van der Waals surface area (Å²) in [6.45, 7) is 5.53. The first-order valence-corrected chi connectivity index (χ1v) is 9.54. The summed E-state index contributed by atoms with van der Waals surface area (Å²) in [5.41, 5.74) is 1.84. The maximum Gasteiger partial charge on any atom is 0.220 e. The van der Waals surface area contributed by atoms with Gasteiger partial charge in [-0.05, 0) is 38.8 Å². The van der Waals surface area contributed by atoms with Crippen LogP contribution in [-0.2, 0) is 14.6 Å². The Morgan fingerprint density at radius 2 is 1.91 bits per heavy atom. The molecule has 0 radical (unpaired) electrons. The van der Waals surface area contributed by atoms with Gasteiger partial charge in [-0.2, -0.15) is 0 Å². The number of hydrogen-bond donors (Lipinski definition) is 1. The van der Waals surface area contributed by atoms with Gasteiger partial charge >= 0.3 is 0 Å². The fraction of sp³-hybridized carbons (Fsp3) is 0.529. The molecule has 1 aliphatic heterocycles. The van der Waals surface area contributed by atoms with Crippen molar-refractivity contribution in [2.24, 2.45) is 0 Å². The lowest BCUT2D eigenvalue weighted by molar-refractivity contribution is -0.122. The van der Waals surface area contributed by atoms with Gasteiger partial charge in [0.2, 0.25) is 5.91 Å². The van der Waals surface area contributed by atoms with Crippen LogP contribution in [0.1, 0.15) is 47.7 Å². The van der Waals surface area contributed by atoms with E-state index in [1.165, 1.54) is 0 Å². The van der Waals surface area contributed by atoms with E-state index in [0.29, 0.717) is 12.0 Å². The highest BCUT2D eigenvalue weighted by Gasteiger charge is 2.39. The van der Waals surface area contributed by atoms with Gasteiger partial charge in [-0.25, -0.2) is 8.42 Å². The molecule has 5 nitrogen and oxygen atoms in total. The van der Waals surface area contributed by atoms with Crippen molar-refractivity contribution in [3.8, 4) is 0 Å². The van der Waals surface area contributed by atoms with Crippen molar-refractivity contribution in [1.29, 1.82) is 0 Å². The van der Waals surface area contributed by atoms with Crippen LogP contribution >= 0.6 is 0 Å². The summed E-state index contributed by atoms with van der Waals surface area (Å²) in [6, 6.07) is 5.67. The predicted octanol–water partition coefficient (Wildman–Crippen LogP) is 1.96. The lowest BCUT2D eigenvalue weighted by Gasteiger charge is -2.23. The second-order valence-corrected chi connectivity index (χ2v) is 8.88. The highest BCUT2D eigenvalue weighted by molar-refractivity contribution is 7.91. The first kappa shape index (κ1) is 17.7. The molecule has 0 aliphatic carbocycles. The molecule has 1 aromatic carbocycles. The molecule has 0 aromatic heterocycles. The molecule has 126 valence electrons. The topological polar surface area (TPSA) is 80.3 Å². The Hall–Kier alpha value is -1.69. The van der Waals surface area contributed by atoms with Crippen LogP contribution < -0.4 is 5.32 Å². The van der Waals surface area contributed by atoms with Gasteiger partial charge < -0.3 is 5.32 Å². The first-order chi connectivity index (χ1) is 10.6. The number of hydrogen-bond acceptors (Lipinski definition) is 4. The molecule has 0 bridgehead atoms. The van der Waals surface area contributed by atoms with Crippen molar-refractivity contribution < 1.29 is 18.0 Å². The van der Waals surface area contributed by atoms with E-state index in [-0.39, 0.29) is 36.0 Å². The zero-order chi connectivity index (χ0) is 17.3. The first-order valence-electron chi connectivity index (χ1n) is 7.72. The Morgan fingerprint density at radius 3 is 2.52 bits per heavy atom. The number of aryl methyl sites for hydroxylation is 2. The molecule has 1 aliphatic rings. The minimum Gasteiger partial charge on any atom is -0.350 e. The number of benzene rings is 1. The summed E-state index contributed by atoms with van der Waals surface area (Å²) < 4.78 is 23.1. The molecule has 0 spiro atoms. The van der Waals surface area contributed by atoms with E-state index in [1.807, 2.05) is 32.0 Å². The Balaban J connectivity index is 1.92. The lowest BCUT2D eigenvalue weighted by Crippen LogP contribution is -2.46. The van der Waals surface area contributed by atoms with E-state index in [4.69, 9.17) is 0 Å². The van der Waals surface area contributed by atoms with Crippen LogP contribution in [0, 0.1) is 13.8 Å². The van der Waals surface area contributed by atoms with E-state index in [0.717, 1.165) is 11.1 Å². The summed E-state index contributed by atoms with van der Waals surface area (Å²) in [5, 5.41) is 2.77. The number of carbonyl (C=O) groups excluding carboxylic acids is 2. The Bertz CT molecular complexity index is 739. The van der Waals surface area contributed by atoms with Crippen LogP contribution in [0.3, 0.4) is 0 Å².